The first-order valence-corrected chi connectivity index (χ1v) is 11.2. The van der Waals surface area contributed by atoms with Gasteiger partial charge in [0, 0.05) is 39.2 Å². The number of nitrogens with one attached hydrogen (secondary N) is 1. The van der Waals surface area contributed by atoms with Gasteiger partial charge in [0.25, 0.3) is 0 Å². The van der Waals surface area contributed by atoms with E-state index in [1.54, 1.807) is 0 Å². The van der Waals surface area contributed by atoms with Crippen LogP contribution >= 0.6 is 0 Å². The Morgan fingerprint density at radius 1 is 0.839 bits per heavy atom. The van der Waals surface area contributed by atoms with Crippen LogP contribution < -0.4 is 10.2 Å². The number of piperidine rings is 1. The van der Waals surface area contributed by atoms with Crippen molar-refractivity contribution in [3.8, 4) is 11.1 Å². The summed E-state index contributed by atoms with van der Waals surface area (Å²) in [7, 11) is 6.26. The van der Waals surface area contributed by atoms with Crippen molar-refractivity contribution in [2.24, 2.45) is 0 Å². The predicted octanol–water partition coefficient (Wildman–Crippen LogP) is 4.31. The second-order valence-corrected chi connectivity index (χ2v) is 8.73. The summed E-state index contributed by atoms with van der Waals surface area (Å²) >= 11 is 0. The van der Waals surface area contributed by atoms with Gasteiger partial charge in [-0.2, -0.15) is 0 Å². The van der Waals surface area contributed by atoms with Gasteiger partial charge in [-0.15, -0.1) is 0 Å². The lowest BCUT2D eigenvalue weighted by atomic mass is 9.97. The second-order valence-electron chi connectivity index (χ2n) is 8.73. The summed E-state index contributed by atoms with van der Waals surface area (Å²) < 4.78 is 0. The molecule has 0 atom stereocenters. The third-order valence-corrected chi connectivity index (χ3v) is 5.89. The van der Waals surface area contributed by atoms with Crippen LogP contribution in [0.2, 0.25) is 0 Å². The van der Waals surface area contributed by atoms with E-state index in [9.17, 15) is 0 Å². The van der Waals surface area contributed by atoms with Crippen LogP contribution in [0.15, 0.2) is 60.7 Å². The number of rotatable bonds is 7. The molecule has 1 aliphatic rings. The third-order valence-electron chi connectivity index (χ3n) is 5.89. The molecular formula is C26H33N5. The Morgan fingerprint density at radius 2 is 1.52 bits per heavy atom. The van der Waals surface area contributed by atoms with Crippen molar-refractivity contribution in [1.82, 2.24) is 20.2 Å². The molecule has 0 spiro atoms. The molecule has 0 radical (unpaired) electrons. The van der Waals surface area contributed by atoms with Crippen LogP contribution in [0.25, 0.3) is 11.1 Å². The zero-order valence-corrected chi connectivity index (χ0v) is 18.9. The lowest BCUT2D eigenvalue weighted by Crippen LogP contribution is -2.28. The first kappa shape index (κ1) is 21.5. The number of nitrogens with zero attached hydrogens (tertiary/aromatic N) is 4. The lowest BCUT2D eigenvalue weighted by Gasteiger charge is -2.24. The van der Waals surface area contributed by atoms with Crippen LogP contribution in [-0.2, 0) is 13.1 Å². The summed E-state index contributed by atoms with van der Waals surface area (Å²) in [6.45, 7) is 3.80. The van der Waals surface area contributed by atoms with Gasteiger partial charge in [-0.3, -0.25) is 4.90 Å². The lowest BCUT2D eigenvalue weighted by molar-refractivity contribution is 0.314. The van der Waals surface area contributed by atoms with E-state index >= 15 is 0 Å². The SMILES string of the molecule is CN(Cc1ccc(-c2ccccc2)cc1)Cc1cc(N(C)C)nc(C2CCNCC2)n1. The van der Waals surface area contributed by atoms with Crippen LogP contribution in [0.1, 0.15) is 35.8 Å². The highest BCUT2D eigenvalue weighted by molar-refractivity contribution is 5.63. The predicted molar refractivity (Wildman–Crippen MR) is 128 cm³/mol. The maximum Gasteiger partial charge on any atom is 0.134 e. The molecule has 0 bridgehead atoms. The van der Waals surface area contributed by atoms with Crippen LogP contribution in [0.5, 0.6) is 0 Å². The quantitative estimate of drug-likeness (QED) is 0.623. The summed E-state index contributed by atoms with van der Waals surface area (Å²) in [5, 5.41) is 3.44. The fraction of sp³-hybridized carbons (Fsp3) is 0.385. The zero-order chi connectivity index (χ0) is 21.6. The molecule has 2 aromatic carbocycles. The van der Waals surface area contributed by atoms with Gasteiger partial charge < -0.3 is 10.2 Å². The molecule has 5 nitrogen and oxygen atoms in total. The van der Waals surface area contributed by atoms with E-state index in [1.165, 1.54) is 16.7 Å². The summed E-state index contributed by atoms with van der Waals surface area (Å²) in [5.74, 6) is 2.46. The highest BCUT2D eigenvalue weighted by Crippen LogP contribution is 2.25. The van der Waals surface area contributed by atoms with Crippen LogP contribution in [0, 0.1) is 0 Å². The minimum absolute atomic E-state index is 0.454. The van der Waals surface area contributed by atoms with Gasteiger partial charge in [0.15, 0.2) is 0 Å². The van der Waals surface area contributed by atoms with Crippen molar-refractivity contribution in [2.75, 3.05) is 39.1 Å². The molecule has 162 valence electrons. The minimum atomic E-state index is 0.454. The number of hydrogen-bond donors (Lipinski definition) is 1. The van der Waals surface area contributed by atoms with Gasteiger partial charge in [-0.1, -0.05) is 54.6 Å². The van der Waals surface area contributed by atoms with E-state index in [0.717, 1.165) is 56.4 Å². The van der Waals surface area contributed by atoms with Crippen LogP contribution in [0.3, 0.4) is 0 Å². The Kier molecular flexibility index (Phi) is 6.95. The van der Waals surface area contributed by atoms with Crippen molar-refractivity contribution in [1.29, 1.82) is 0 Å². The number of benzene rings is 2. The van der Waals surface area contributed by atoms with Gasteiger partial charge in [0.1, 0.15) is 11.6 Å². The summed E-state index contributed by atoms with van der Waals surface area (Å²) in [6.07, 6.45) is 2.22. The van der Waals surface area contributed by atoms with E-state index in [1.807, 2.05) is 0 Å². The first-order chi connectivity index (χ1) is 15.1. The largest absolute Gasteiger partial charge is 0.363 e. The normalized spacial score (nSPS) is 14.7. The summed E-state index contributed by atoms with van der Waals surface area (Å²) in [5.41, 5.74) is 4.91. The Balaban J connectivity index is 1.45. The van der Waals surface area contributed by atoms with Crippen molar-refractivity contribution in [2.45, 2.75) is 31.8 Å². The van der Waals surface area contributed by atoms with E-state index < -0.39 is 0 Å². The van der Waals surface area contributed by atoms with Gasteiger partial charge in [-0.25, -0.2) is 9.97 Å². The molecule has 0 saturated carbocycles. The smallest absolute Gasteiger partial charge is 0.134 e. The minimum Gasteiger partial charge on any atom is -0.363 e. The van der Waals surface area contributed by atoms with Crippen LogP contribution in [0.4, 0.5) is 5.82 Å². The van der Waals surface area contributed by atoms with Gasteiger partial charge >= 0.3 is 0 Å². The fourth-order valence-electron chi connectivity index (χ4n) is 4.15. The third kappa shape index (κ3) is 5.69. The molecule has 3 aromatic rings. The first-order valence-electron chi connectivity index (χ1n) is 11.2. The summed E-state index contributed by atoms with van der Waals surface area (Å²) in [4.78, 5) is 14.2. The highest BCUT2D eigenvalue weighted by Gasteiger charge is 2.20. The van der Waals surface area contributed by atoms with Crippen molar-refractivity contribution >= 4 is 5.82 Å². The van der Waals surface area contributed by atoms with Gasteiger partial charge in [0.05, 0.1) is 5.69 Å². The van der Waals surface area contributed by atoms with Crippen molar-refractivity contribution in [3.05, 3.63) is 77.7 Å². The second kappa shape index (κ2) is 10.0. The topological polar surface area (TPSA) is 44.3 Å². The molecule has 1 aliphatic heterocycles. The number of anilines is 1. The highest BCUT2D eigenvalue weighted by atomic mass is 15.2. The molecule has 0 aliphatic carbocycles. The van der Waals surface area contributed by atoms with Crippen molar-refractivity contribution in [3.63, 3.8) is 0 Å². The Morgan fingerprint density at radius 3 is 2.19 bits per heavy atom. The van der Waals surface area contributed by atoms with E-state index in [0.29, 0.717) is 5.92 Å². The molecule has 1 fully saturated rings. The molecule has 4 rings (SSSR count). The molecule has 0 amide bonds. The van der Waals surface area contributed by atoms with Gasteiger partial charge in [0.2, 0.25) is 0 Å². The maximum absolute atomic E-state index is 4.97. The Labute approximate surface area is 186 Å². The monoisotopic (exact) mass is 415 g/mol. The Bertz CT molecular complexity index is 963. The molecule has 5 heteroatoms. The van der Waals surface area contributed by atoms with Crippen molar-refractivity contribution < 1.29 is 0 Å². The molecule has 1 saturated heterocycles. The molecule has 2 heterocycles. The molecule has 0 unspecified atom stereocenters. The molecule has 1 N–H and O–H groups in total. The number of hydrogen-bond acceptors (Lipinski definition) is 5. The zero-order valence-electron chi connectivity index (χ0n) is 18.9. The van der Waals surface area contributed by atoms with E-state index in [-0.39, 0.29) is 0 Å². The maximum atomic E-state index is 4.97. The fourth-order valence-corrected chi connectivity index (χ4v) is 4.15. The summed E-state index contributed by atoms with van der Waals surface area (Å²) in [6, 6.07) is 21.5. The van der Waals surface area contributed by atoms with E-state index in [2.05, 4.69) is 96.9 Å². The average Bonchev–Trinajstić information content (AvgIpc) is 2.80. The van der Waals surface area contributed by atoms with Gasteiger partial charge in [-0.05, 0) is 49.7 Å². The Hall–Kier alpha value is -2.76. The molecule has 31 heavy (non-hydrogen) atoms. The average molecular weight is 416 g/mol. The van der Waals surface area contributed by atoms with Crippen LogP contribution in [-0.4, -0.2) is 49.1 Å². The molecule has 1 aromatic heterocycles. The van der Waals surface area contributed by atoms with E-state index in [4.69, 9.17) is 9.97 Å². The molecular weight excluding hydrogens is 382 g/mol. The standard InChI is InChI=1S/C26H33N5/c1-30(2)25-17-24(28-26(29-25)23-13-15-27-16-14-23)19-31(3)18-20-9-11-22(12-10-20)21-7-5-4-6-8-21/h4-12,17,23,27H,13-16,18-19H2,1-3H3. The number of aromatic nitrogens is 2.